The Morgan fingerprint density at radius 3 is 2.94 bits per heavy atom. The van der Waals surface area contributed by atoms with Gasteiger partial charge in [0, 0.05) is 12.7 Å². The summed E-state index contributed by atoms with van der Waals surface area (Å²) in [4.78, 5) is 14.1. The number of nitro groups is 1. The van der Waals surface area contributed by atoms with E-state index in [4.69, 9.17) is 10.5 Å². The molecule has 1 saturated heterocycles. The summed E-state index contributed by atoms with van der Waals surface area (Å²) in [6.07, 6.45) is 1.94. The van der Waals surface area contributed by atoms with Crippen LogP contribution in [0.3, 0.4) is 0 Å². The van der Waals surface area contributed by atoms with E-state index in [0.29, 0.717) is 12.4 Å². The minimum atomic E-state index is -0.544. The number of nitrogens with zero attached hydrogens (tertiary/aromatic N) is 2. The van der Waals surface area contributed by atoms with Crippen molar-refractivity contribution in [3.05, 3.63) is 22.2 Å². The first-order chi connectivity index (χ1) is 8.50. The van der Waals surface area contributed by atoms with Crippen LogP contribution in [0.5, 0.6) is 0 Å². The molecule has 98 valence electrons. The predicted octanol–water partition coefficient (Wildman–Crippen LogP) is 1.55. The van der Waals surface area contributed by atoms with Crippen molar-refractivity contribution < 1.29 is 9.66 Å². The normalized spacial score (nSPS) is 23.6. The van der Waals surface area contributed by atoms with E-state index in [2.05, 4.69) is 10.3 Å². The van der Waals surface area contributed by atoms with Gasteiger partial charge in [-0.15, -0.1) is 0 Å². The van der Waals surface area contributed by atoms with E-state index >= 15 is 0 Å². The molecule has 0 bridgehead atoms. The maximum absolute atomic E-state index is 10.6. The van der Waals surface area contributed by atoms with E-state index in [1.807, 2.05) is 6.92 Å². The van der Waals surface area contributed by atoms with Crippen LogP contribution in [-0.2, 0) is 4.74 Å². The monoisotopic (exact) mass is 252 g/mol. The molecule has 0 saturated carbocycles. The summed E-state index contributed by atoms with van der Waals surface area (Å²) < 4.78 is 5.42. The molecule has 0 spiro atoms. The van der Waals surface area contributed by atoms with Gasteiger partial charge in [0.15, 0.2) is 0 Å². The molecular weight excluding hydrogens is 236 g/mol. The average Bonchev–Trinajstić information content (AvgIpc) is 2.28. The highest BCUT2D eigenvalue weighted by Crippen LogP contribution is 2.26. The van der Waals surface area contributed by atoms with E-state index in [-0.39, 0.29) is 17.0 Å². The lowest BCUT2D eigenvalue weighted by molar-refractivity contribution is -0.384. The highest BCUT2D eigenvalue weighted by atomic mass is 16.6. The number of nitrogens with two attached hydrogens (primary N) is 1. The summed E-state index contributed by atoms with van der Waals surface area (Å²) in [5.41, 5.74) is 5.17. The van der Waals surface area contributed by atoms with E-state index in [0.717, 1.165) is 19.4 Å². The molecule has 1 aliphatic rings. The Balaban J connectivity index is 2.14. The van der Waals surface area contributed by atoms with Gasteiger partial charge < -0.3 is 15.8 Å². The number of hydrogen-bond donors (Lipinski definition) is 2. The number of hydrogen-bond acceptors (Lipinski definition) is 6. The molecule has 1 fully saturated rings. The smallest absolute Gasteiger partial charge is 0.311 e. The zero-order valence-electron chi connectivity index (χ0n) is 10.2. The molecule has 0 aliphatic carbocycles. The largest absolute Gasteiger partial charge is 0.379 e. The topological polar surface area (TPSA) is 103 Å². The molecule has 3 N–H and O–H groups in total. The quantitative estimate of drug-likeness (QED) is 0.625. The van der Waals surface area contributed by atoms with E-state index in [1.54, 1.807) is 6.07 Å². The summed E-state index contributed by atoms with van der Waals surface area (Å²) >= 11 is 0. The molecule has 2 heterocycles. The zero-order chi connectivity index (χ0) is 13.2. The van der Waals surface area contributed by atoms with Gasteiger partial charge in [0.1, 0.15) is 5.82 Å². The third kappa shape index (κ3) is 2.67. The van der Waals surface area contributed by atoms with Crippen LogP contribution in [0.1, 0.15) is 19.8 Å². The van der Waals surface area contributed by atoms with Crippen molar-refractivity contribution in [3.8, 4) is 0 Å². The number of ether oxygens (including phenoxy) is 1. The summed E-state index contributed by atoms with van der Waals surface area (Å²) in [5, 5.41) is 13.9. The van der Waals surface area contributed by atoms with Crippen LogP contribution < -0.4 is 11.1 Å². The Hall–Kier alpha value is -1.89. The molecule has 1 aromatic heterocycles. The summed E-state index contributed by atoms with van der Waals surface area (Å²) in [6, 6.07) is 2.92. The Kier molecular flexibility index (Phi) is 3.33. The highest BCUT2D eigenvalue weighted by Gasteiger charge is 2.28. The van der Waals surface area contributed by atoms with Gasteiger partial charge in [-0.05, 0) is 25.8 Å². The Morgan fingerprint density at radius 2 is 2.39 bits per heavy atom. The molecule has 0 amide bonds. The van der Waals surface area contributed by atoms with Crippen LogP contribution in [0.25, 0.3) is 0 Å². The van der Waals surface area contributed by atoms with Gasteiger partial charge in [0.2, 0.25) is 5.82 Å². The second-order valence-electron chi connectivity index (χ2n) is 4.70. The van der Waals surface area contributed by atoms with Crippen molar-refractivity contribution in [3.63, 3.8) is 0 Å². The molecule has 18 heavy (non-hydrogen) atoms. The van der Waals surface area contributed by atoms with Crippen molar-refractivity contribution in [2.75, 3.05) is 24.3 Å². The molecule has 1 aromatic rings. The fourth-order valence-corrected chi connectivity index (χ4v) is 2.03. The number of nitrogen functional groups attached to an aromatic ring is 1. The standard InChI is InChI=1S/C11H16N4O3/c1-11(5-2-6-18-7-11)14-9-4-3-8(15(16)17)10(12)13-9/h3-4H,2,5-7H2,1H3,(H3,12,13,14). The molecular formula is C11H16N4O3. The summed E-state index contributed by atoms with van der Waals surface area (Å²) in [7, 11) is 0. The van der Waals surface area contributed by atoms with E-state index in [1.165, 1.54) is 6.07 Å². The Bertz CT molecular complexity index is 458. The van der Waals surface area contributed by atoms with Crippen molar-refractivity contribution in [1.82, 2.24) is 4.98 Å². The third-order valence-electron chi connectivity index (χ3n) is 2.97. The first kappa shape index (κ1) is 12.6. The van der Waals surface area contributed by atoms with Crippen LogP contribution in [0.4, 0.5) is 17.3 Å². The fraction of sp³-hybridized carbons (Fsp3) is 0.545. The number of anilines is 2. The van der Waals surface area contributed by atoms with Gasteiger partial charge in [-0.3, -0.25) is 10.1 Å². The number of aromatic nitrogens is 1. The molecule has 1 aliphatic heterocycles. The molecule has 0 radical (unpaired) electrons. The van der Waals surface area contributed by atoms with Gasteiger partial charge in [-0.25, -0.2) is 4.98 Å². The van der Waals surface area contributed by atoms with Crippen molar-refractivity contribution in [2.24, 2.45) is 0 Å². The lowest BCUT2D eigenvalue weighted by Crippen LogP contribution is -2.43. The van der Waals surface area contributed by atoms with Gasteiger partial charge in [-0.2, -0.15) is 0 Å². The summed E-state index contributed by atoms with van der Waals surface area (Å²) in [6.45, 7) is 3.39. The van der Waals surface area contributed by atoms with Crippen molar-refractivity contribution in [2.45, 2.75) is 25.3 Å². The Morgan fingerprint density at radius 1 is 1.61 bits per heavy atom. The SMILES string of the molecule is CC1(Nc2ccc([N+](=O)[O-])c(N)n2)CCCOC1. The number of rotatable bonds is 3. The first-order valence-electron chi connectivity index (χ1n) is 5.77. The maximum Gasteiger partial charge on any atom is 0.311 e. The molecule has 0 aromatic carbocycles. The molecule has 1 unspecified atom stereocenters. The number of pyridine rings is 1. The molecule has 7 nitrogen and oxygen atoms in total. The van der Waals surface area contributed by atoms with E-state index < -0.39 is 4.92 Å². The zero-order valence-corrected chi connectivity index (χ0v) is 10.2. The minimum absolute atomic E-state index is 0.0784. The maximum atomic E-state index is 10.6. The van der Waals surface area contributed by atoms with Gasteiger partial charge in [-0.1, -0.05) is 0 Å². The lowest BCUT2D eigenvalue weighted by Gasteiger charge is -2.34. The second-order valence-corrected chi connectivity index (χ2v) is 4.70. The van der Waals surface area contributed by atoms with Crippen LogP contribution in [0.2, 0.25) is 0 Å². The van der Waals surface area contributed by atoms with Crippen LogP contribution >= 0.6 is 0 Å². The predicted molar refractivity (Wildman–Crippen MR) is 67.4 cm³/mol. The van der Waals surface area contributed by atoms with Gasteiger partial charge in [0.05, 0.1) is 17.1 Å². The minimum Gasteiger partial charge on any atom is -0.379 e. The van der Waals surface area contributed by atoms with Crippen molar-refractivity contribution >= 4 is 17.3 Å². The van der Waals surface area contributed by atoms with Crippen LogP contribution in [-0.4, -0.2) is 28.7 Å². The van der Waals surface area contributed by atoms with Crippen LogP contribution in [0.15, 0.2) is 12.1 Å². The lowest BCUT2D eigenvalue weighted by atomic mass is 9.95. The summed E-state index contributed by atoms with van der Waals surface area (Å²) in [5.74, 6) is 0.455. The Labute approximate surface area is 104 Å². The average molecular weight is 252 g/mol. The second kappa shape index (κ2) is 4.77. The van der Waals surface area contributed by atoms with Crippen molar-refractivity contribution in [1.29, 1.82) is 0 Å². The molecule has 2 rings (SSSR count). The highest BCUT2D eigenvalue weighted by molar-refractivity contribution is 5.57. The first-order valence-corrected chi connectivity index (χ1v) is 5.77. The van der Waals surface area contributed by atoms with Crippen LogP contribution in [0, 0.1) is 10.1 Å². The van der Waals surface area contributed by atoms with E-state index in [9.17, 15) is 10.1 Å². The number of nitrogens with one attached hydrogen (secondary N) is 1. The molecule has 1 atom stereocenters. The van der Waals surface area contributed by atoms with Gasteiger partial charge in [0.25, 0.3) is 0 Å². The van der Waals surface area contributed by atoms with Gasteiger partial charge >= 0.3 is 5.69 Å². The molecule has 7 heteroatoms. The third-order valence-corrected chi connectivity index (χ3v) is 2.97. The fourth-order valence-electron chi connectivity index (χ4n) is 2.03.